The first-order valence-corrected chi connectivity index (χ1v) is 9.64. The summed E-state index contributed by atoms with van der Waals surface area (Å²) in [5.74, 6) is 0. The Labute approximate surface area is 151 Å². The maximum atomic E-state index is 12.8. The number of amides is 2. The van der Waals surface area contributed by atoms with E-state index in [2.05, 4.69) is 15.1 Å². The van der Waals surface area contributed by atoms with E-state index in [4.69, 9.17) is 4.74 Å². The van der Waals surface area contributed by atoms with E-state index in [0.29, 0.717) is 12.1 Å². The van der Waals surface area contributed by atoms with Gasteiger partial charge < -0.3 is 19.9 Å². The highest BCUT2D eigenvalue weighted by Crippen LogP contribution is 2.21. The number of benzene rings is 1. The molecular formula is C20H31N3O2. The average Bonchev–Trinajstić information content (AvgIpc) is 2.89. The van der Waals surface area contributed by atoms with E-state index in [-0.39, 0.29) is 6.03 Å². The lowest BCUT2D eigenvalue weighted by molar-refractivity contribution is 0.0336. The molecule has 1 aromatic rings. The van der Waals surface area contributed by atoms with Crippen LogP contribution in [-0.4, -0.2) is 61.3 Å². The number of piperidine rings is 1. The molecule has 2 aliphatic rings. The predicted molar refractivity (Wildman–Crippen MR) is 101 cm³/mol. The lowest BCUT2D eigenvalue weighted by atomic mass is 10.0. The van der Waals surface area contributed by atoms with Crippen LogP contribution < -0.4 is 5.32 Å². The van der Waals surface area contributed by atoms with Crippen molar-refractivity contribution in [1.82, 2.24) is 9.80 Å². The van der Waals surface area contributed by atoms with Crippen molar-refractivity contribution in [2.24, 2.45) is 0 Å². The fourth-order valence-corrected chi connectivity index (χ4v) is 3.98. The third kappa shape index (κ3) is 5.19. The van der Waals surface area contributed by atoms with E-state index >= 15 is 0 Å². The summed E-state index contributed by atoms with van der Waals surface area (Å²) in [6.07, 6.45) is 7.24. The molecule has 1 atom stereocenters. The Morgan fingerprint density at radius 2 is 1.84 bits per heavy atom. The molecule has 0 radical (unpaired) electrons. The summed E-state index contributed by atoms with van der Waals surface area (Å²) in [6.45, 7) is 3.99. The van der Waals surface area contributed by atoms with Crippen LogP contribution in [-0.2, 0) is 4.74 Å². The number of hydrogen-bond donors (Lipinski definition) is 1. The predicted octanol–water partition coefficient (Wildman–Crippen LogP) is 3.57. The summed E-state index contributed by atoms with van der Waals surface area (Å²) in [4.78, 5) is 17.4. The van der Waals surface area contributed by atoms with Crippen LogP contribution in [0.1, 0.15) is 38.5 Å². The topological polar surface area (TPSA) is 44.8 Å². The van der Waals surface area contributed by atoms with Crippen LogP contribution in [0.2, 0.25) is 0 Å². The maximum Gasteiger partial charge on any atom is 0.322 e. The number of nitrogens with one attached hydrogen (secondary N) is 1. The van der Waals surface area contributed by atoms with Gasteiger partial charge in [-0.15, -0.1) is 0 Å². The number of likely N-dealkylation sites (tertiary alicyclic amines) is 2. The van der Waals surface area contributed by atoms with E-state index in [1.165, 1.54) is 12.8 Å². The monoisotopic (exact) mass is 345 g/mol. The van der Waals surface area contributed by atoms with Gasteiger partial charge in [0.1, 0.15) is 0 Å². The highest BCUT2D eigenvalue weighted by molar-refractivity contribution is 5.89. The van der Waals surface area contributed by atoms with E-state index in [1.54, 1.807) is 7.11 Å². The molecule has 5 heteroatoms. The molecule has 2 aliphatic heterocycles. The minimum Gasteiger partial charge on any atom is -0.381 e. The fourth-order valence-electron chi connectivity index (χ4n) is 3.98. The van der Waals surface area contributed by atoms with E-state index in [9.17, 15) is 4.79 Å². The van der Waals surface area contributed by atoms with Crippen molar-refractivity contribution in [2.75, 3.05) is 38.6 Å². The summed E-state index contributed by atoms with van der Waals surface area (Å²) in [5, 5.41) is 3.07. The summed E-state index contributed by atoms with van der Waals surface area (Å²) in [5.41, 5.74) is 0.872. The van der Waals surface area contributed by atoms with Crippen molar-refractivity contribution < 1.29 is 9.53 Å². The molecule has 0 saturated carbocycles. The molecule has 2 amide bonds. The van der Waals surface area contributed by atoms with E-state index in [0.717, 1.165) is 57.5 Å². The van der Waals surface area contributed by atoms with Crippen molar-refractivity contribution in [1.29, 1.82) is 0 Å². The van der Waals surface area contributed by atoms with Gasteiger partial charge in [0.2, 0.25) is 0 Å². The number of carbonyl (C=O) groups excluding carboxylic acids is 1. The Morgan fingerprint density at radius 1 is 1.08 bits per heavy atom. The molecule has 0 aromatic heterocycles. The Balaban J connectivity index is 1.60. The molecule has 138 valence electrons. The molecular weight excluding hydrogens is 314 g/mol. The minimum absolute atomic E-state index is 0.0462. The Kier molecular flexibility index (Phi) is 6.70. The van der Waals surface area contributed by atoms with Gasteiger partial charge in [-0.3, -0.25) is 0 Å². The number of anilines is 1. The van der Waals surface area contributed by atoms with E-state index < -0.39 is 0 Å². The summed E-state index contributed by atoms with van der Waals surface area (Å²) in [7, 11) is 1.81. The van der Waals surface area contributed by atoms with Crippen molar-refractivity contribution in [3.8, 4) is 0 Å². The molecule has 0 aliphatic carbocycles. The zero-order valence-corrected chi connectivity index (χ0v) is 15.3. The zero-order valence-electron chi connectivity index (χ0n) is 15.3. The SMILES string of the molecule is COC1CCN(C[C@H]2CCCCCN2C(=O)Nc2ccccc2)CC1. The first kappa shape index (κ1) is 18.2. The van der Waals surface area contributed by atoms with Crippen molar-refractivity contribution in [3.63, 3.8) is 0 Å². The fraction of sp³-hybridized carbons (Fsp3) is 0.650. The number of methoxy groups -OCH3 is 1. The van der Waals surface area contributed by atoms with Crippen molar-refractivity contribution in [3.05, 3.63) is 30.3 Å². The molecule has 5 nitrogen and oxygen atoms in total. The smallest absolute Gasteiger partial charge is 0.322 e. The number of ether oxygens (including phenoxy) is 1. The number of carbonyl (C=O) groups is 1. The molecule has 0 spiro atoms. The lowest BCUT2D eigenvalue weighted by Crippen LogP contribution is -2.50. The number of para-hydroxylation sites is 1. The van der Waals surface area contributed by atoms with Crippen LogP contribution in [0, 0.1) is 0 Å². The molecule has 3 rings (SSSR count). The lowest BCUT2D eigenvalue weighted by Gasteiger charge is -2.37. The molecule has 25 heavy (non-hydrogen) atoms. The van der Waals surface area contributed by atoms with Crippen molar-refractivity contribution >= 4 is 11.7 Å². The summed E-state index contributed by atoms with van der Waals surface area (Å²) in [6, 6.07) is 10.1. The van der Waals surface area contributed by atoms with Crippen LogP contribution in [0.15, 0.2) is 30.3 Å². The largest absolute Gasteiger partial charge is 0.381 e. The van der Waals surface area contributed by atoms with Gasteiger partial charge in [-0.1, -0.05) is 31.0 Å². The highest BCUT2D eigenvalue weighted by atomic mass is 16.5. The second kappa shape index (κ2) is 9.20. The van der Waals surface area contributed by atoms with Gasteiger partial charge in [0.25, 0.3) is 0 Å². The number of rotatable bonds is 4. The zero-order chi connectivity index (χ0) is 17.5. The van der Waals surface area contributed by atoms with Crippen molar-refractivity contribution in [2.45, 2.75) is 50.7 Å². The van der Waals surface area contributed by atoms with Crippen LogP contribution in [0.3, 0.4) is 0 Å². The van der Waals surface area contributed by atoms with E-state index in [1.807, 2.05) is 30.3 Å². The normalized spacial score (nSPS) is 23.2. The Morgan fingerprint density at radius 3 is 2.56 bits per heavy atom. The molecule has 2 heterocycles. The van der Waals surface area contributed by atoms with Gasteiger partial charge >= 0.3 is 6.03 Å². The highest BCUT2D eigenvalue weighted by Gasteiger charge is 2.29. The standard InChI is InChI=1S/C20H31N3O2/c1-25-19-11-14-22(15-12-19)16-18-10-6-3-7-13-23(18)20(24)21-17-8-4-2-5-9-17/h2,4-5,8-9,18-19H,3,6-7,10-16H2,1H3,(H,21,24)/t18-/m1/s1. The molecule has 0 bridgehead atoms. The van der Waals surface area contributed by atoms with Gasteiger partial charge in [0.15, 0.2) is 0 Å². The molecule has 2 fully saturated rings. The first-order chi connectivity index (χ1) is 12.3. The van der Waals surface area contributed by atoms with Gasteiger partial charge in [0.05, 0.1) is 6.10 Å². The molecule has 1 N–H and O–H groups in total. The van der Waals surface area contributed by atoms with Gasteiger partial charge in [-0.2, -0.15) is 0 Å². The van der Waals surface area contributed by atoms with Crippen LogP contribution in [0.4, 0.5) is 10.5 Å². The number of hydrogen-bond acceptors (Lipinski definition) is 3. The Bertz CT molecular complexity index is 529. The number of urea groups is 1. The second-order valence-electron chi connectivity index (χ2n) is 7.23. The summed E-state index contributed by atoms with van der Waals surface area (Å²) >= 11 is 0. The van der Waals surface area contributed by atoms with Gasteiger partial charge in [-0.25, -0.2) is 4.79 Å². The summed E-state index contributed by atoms with van der Waals surface area (Å²) < 4.78 is 5.47. The van der Waals surface area contributed by atoms with Crippen LogP contribution in [0.5, 0.6) is 0 Å². The van der Waals surface area contributed by atoms with Gasteiger partial charge in [0, 0.05) is 45.0 Å². The van der Waals surface area contributed by atoms with Crippen LogP contribution in [0.25, 0.3) is 0 Å². The molecule has 0 unspecified atom stereocenters. The average molecular weight is 345 g/mol. The quantitative estimate of drug-likeness (QED) is 0.907. The third-order valence-corrected chi connectivity index (χ3v) is 5.50. The molecule has 2 saturated heterocycles. The van der Waals surface area contributed by atoms with Crippen LogP contribution >= 0.6 is 0 Å². The number of nitrogens with zero attached hydrogens (tertiary/aromatic N) is 2. The minimum atomic E-state index is 0.0462. The second-order valence-corrected chi connectivity index (χ2v) is 7.23. The van der Waals surface area contributed by atoms with Gasteiger partial charge in [-0.05, 0) is 37.8 Å². The maximum absolute atomic E-state index is 12.8. The molecule has 1 aromatic carbocycles. The third-order valence-electron chi connectivity index (χ3n) is 5.50. The first-order valence-electron chi connectivity index (χ1n) is 9.64. The Hall–Kier alpha value is -1.59.